The molecule has 3 rings (SSSR count). The standard InChI is InChI=1S/C27H42ClFN4O3/c1-17(2)20(26(36)31-19-8-6-5-7-9-19)13-24(34)22(30)14-32-15-25(35)33(16-27(32,3)4)23-12-18(29)10-11-21(23)28/h10-12,17,19-20,22,24,34H,5-9,13-16,30H2,1-4H3,(H,31,36)/t20-,22-,24-/m0/s1. The molecule has 9 heteroatoms. The second-order valence-corrected chi connectivity index (χ2v) is 11.8. The van der Waals surface area contributed by atoms with Gasteiger partial charge in [-0.25, -0.2) is 4.39 Å². The molecule has 7 nitrogen and oxygen atoms in total. The molecule has 0 aromatic heterocycles. The molecular weight excluding hydrogens is 483 g/mol. The fourth-order valence-corrected chi connectivity index (χ4v) is 5.53. The maximum atomic E-state index is 13.8. The van der Waals surface area contributed by atoms with E-state index in [1.54, 1.807) is 0 Å². The summed E-state index contributed by atoms with van der Waals surface area (Å²) in [5.74, 6) is -0.961. The molecule has 202 valence electrons. The Kier molecular flexibility index (Phi) is 9.77. The first-order chi connectivity index (χ1) is 16.9. The number of benzene rings is 1. The van der Waals surface area contributed by atoms with Gasteiger partial charge in [0.15, 0.2) is 0 Å². The summed E-state index contributed by atoms with van der Waals surface area (Å²) in [6.45, 7) is 8.59. The van der Waals surface area contributed by atoms with Gasteiger partial charge in [-0.05, 0) is 57.2 Å². The van der Waals surface area contributed by atoms with Crippen molar-refractivity contribution in [2.24, 2.45) is 17.6 Å². The monoisotopic (exact) mass is 524 g/mol. The lowest BCUT2D eigenvalue weighted by molar-refractivity contribution is -0.128. The second-order valence-electron chi connectivity index (χ2n) is 11.4. The molecule has 1 aliphatic carbocycles. The summed E-state index contributed by atoms with van der Waals surface area (Å²) in [5, 5.41) is 14.5. The van der Waals surface area contributed by atoms with E-state index in [1.807, 2.05) is 32.6 Å². The SMILES string of the molecule is CC(C)[C@H](C[C@H](O)[C@@H](N)CN1CC(=O)N(c2cc(F)ccc2Cl)CC1(C)C)C(=O)NC1CCCCC1. The summed E-state index contributed by atoms with van der Waals surface area (Å²) in [7, 11) is 0. The van der Waals surface area contributed by atoms with E-state index in [1.165, 1.54) is 29.5 Å². The molecule has 1 saturated carbocycles. The number of nitrogens with zero attached hydrogens (tertiary/aromatic N) is 2. The molecule has 1 heterocycles. The van der Waals surface area contributed by atoms with Gasteiger partial charge in [0.1, 0.15) is 5.82 Å². The van der Waals surface area contributed by atoms with Gasteiger partial charge in [-0.1, -0.05) is 44.7 Å². The molecule has 0 radical (unpaired) electrons. The quantitative estimate of drug-likeness (QED) is 0.457. The van der Waals surface area contributed by atoms with Crippen molar-refractivity contribution in [2.75, 3.05) is 24.5 Å². The summed E-state index contributed by atoms with van der Waals surface area (Å²) >= 11 is 6.25. The van der Waals surface area contributed by atoms with Gasteiger partial charge in [-0.15, -0.1) is 0 Å². The van der Waals surface area contributed by atoms with E-state index in [2.05, 4.69) is 5.32 Å². The van der Waals surface area contributed by atoms with E-state index in [0.717, 1.165) is 25.7 Å². The Labute approximate surface area is 219 Å². The normalized spacial score (nSPS) is 21.9. The van der Waals surface area contributed by atoms with Gasteiger partial charge < -0.3 is 21.1 Å². The van der Waals surface area contributed by atoms with Crippen LogP contribution in [0.5, 0.6) is 0 Å². The van der Waals surface area contributed by atoms with Crippen LogP contribution in [0.4, 0.5) is 10.1 Å². The lowest BCUT2D eigenvalue weighted by Gasteiger charge is -2.48. The number of rotatable bonds is 9. The summed E-state index contributed by atoms with van der Waals surface area (Å²) in [5.41, 5.74) is 6.28. The molecule has 36 heavy (non-hydrogen) atoms. The lowest BCUT2D eigenvalue weighted by Crippen LogP contribution is -2.64. The average Bonchev–Trinajstić information content (AvgIpc) is 2.81. The Balaban J connectivity index is 1.62. The van der Waals surface area contributed by atoms with Crippen LogP contribution >= 0.6 is 11.6 Å². The van der Waals surface area contributed by atoms with Gasteiger partial charge in [-0.3, -0.25) is 14.5 Å². The zero-order chi connectivity index (χ0) is 26.6. The number of carbonyl (C=O) groups is 2. The van der Waals surface area contributed by atoms with Gasteiger partial charge in [-0.2, -0.15) is 0 Å². The number of amides is 2. The third kappa shape index (κ3) is 7.18. The molecule has 4 N–H and O–H groups in total. The van der Waals surface area contributed by atoms with Gasteiger partial charge in [0.2, 0.25) is 11.8 Å². The van der Waals surface area contributed by atoms with Gasteiger partial charge in [0.25, 0.3) is 0 Å². The van der Waals surface area contributed by atoms with Gasteiger partial charge >= 0.3 is 0 Å². The molecule has 1 aromatic rings. The fourth-order valence-electron chi connectivity index (χ4n) is 5.31. The summed E-state index contributed by atoms with van der Waals surface area (Å²) in [4.78, 5) is 29.5. The van der Waals surface area contributed by atoms with Crippen molar-refractivity contribution in [3.05, 3.63) is 29.0 Å². The number of anilines is 1. The van der Waals surface area contributed by atoms with Crippen molar-refractivity contribution >= 4 is 29.1 Å². The highest BCUT2D eigenvalue weighted by Crippen LogP contribution is 2.32. The van der Waals surface area contributed by atoms with Crippen LogP contribution in [-0.4, -0.2) is 65.2 Å². The van der Waals surface area contributed by atoms with E-state index < -0.39 is 23.5 Å². The summed E-state index contributed by atoms with van der Waals surface area (Å²) in [6.07, 6.45) is 4.88. The first kappa shape index (κ1) is 28.8. The number of hydrogen-bond acceptors (Lipinski definition) is 5. The van der Waals surface area contributed by atoms with E-state index in [-0.39, 0.29) is 42.7 Å². The Morgan fingerprint density at radius 1 is 1.28 bits per heavy atom. The molecule has 1 aromatic carbocycles. The van der Waals surface area contributed by atoms with Crippen molar-refractivity contribution in [1.29, 1.82) is 0 Å². The van der Waals surface area contributed by atoms with Crippen LogP contribution < -0.4 is 16.0 Å². The number of aliphatic hydroxyl groups excluding tert-OH is 1. The number of nitrogens with one attached hydrogen (secondary N) is 1. The zero-order valence-corrected chi connectivity index (χ0v) is 22.7. The highest BCUT2D eigenvalue weighted by molar-refractivity contribution is 6.33. The minimum absolute atomic E-state index is 0.0146. The number of piperazine rings is 1. The molecule has 2 aliphatic rings. The van der Waals surface area contributed by atoms with Crippen LogP contribution in [0.2, 0.25) is 5.02 Å². The number of aliphatic hydroxyl groups is 1. The van der Waals surface area contributed by atoms with Gasteiger partial charge in [0.05, 0.1) is 23.4 Å². The van der Waals surface area contributed by atoms with Crippen LogP contribution in [-0.2, 0) is 9.59 Å². The minimum Gasteiger partial charge on any atom is -0.391 e. The number of nitrogens with two attached hydrogens (primary N) is 1. The zero-order valence-electron chi connectivity index (χ0n) is 22.0. The predicted octanol–water partition coefficient (Wildman–Crippen LogP) is 3.71. The molecule has 1 aliphatic heterocycles. The first-order valence-corrected chi connectivity index (χ1v) is 13.5. The van der Waals surface area contributed by atoms with E-state index in [4.69, 9.17) is 17.3 Å². The maximum absolute atomic E-state index is 13.8. The molecule has 2 amide bonds. The number of carbonyl (C=O) groups excluding carboxylic acids is 2. The Bertz CT molecular complexity index is 922. The largest absolute Gasteiger partial charge is 0.391 e. The predicted molar refractivity (Wildman–Crippen MR) is 141 cm³/mol. The third-order valence-corrected chi connectivity index (χ3v) is 8.06. The molecular formula is C27H42ClFN4O3. The van der Waals surface area contributed by atoms with E-state index in [9.17, 15) is 19.1 Å². The molecule has 3 atom stereocenters. The highest BCUT2D eigenvalue weighted by Gasteiger charge is 2.40. The minimum atomic E-state index is -0.892. The van der Waals surface area contributed by atoms with Crippen LogP contribution in [0.3, 0.4) is 0 Å². The third-order valence-electron chi connectivity index (χ3n) is 7.74. The fraction of sp³-hybridized carbons (Fsp3) is 0.704. The van der Waals surface area contributed by atoms with Crippen molar-refractivity contribution in [3.63, 3.8) is 0 Å². The maximum Gasteiger partial charge on any atom is 0.241 e. The molecule has 1 saturated heterocycles. The first-order valence-electron chi connectivity index (χ1n) is 13.1. The Hall–Kier alpha value is -1.74. The topological polar surface area (TPSA) is 98.9 Å². The molecule has 2 fully saturated rings. The van der Waals surface area contributed by atoms with Crippen LogP contribution in [0.15, 0.2) is 18.2 Å². The molecule has 0 unspecified atom stereocenters. The van der Waals surface area contributed by atoms with Crippen molar-refractivity contribution in [2.45, 2.75) is 89.9 Å². The van der Waals surface area contributed by atoms with Crippen molar-refractivity contribution in [3.8, 4) is 0 Å². The van der Waals surface area contributed by atoms with Gasteiger partial charge in [0, 0.05) is 36.6 Å². The number of hydrogen-bond donors (Lipinski definition) is 3. The molecule has 0 spiro atoms. The smallest absolute Gasteiger partial charge is 0.241 e. The average molecular weight is 525 g/mol. The van der Waals surface area contributed by atoms with Crippen LogP contribution in [0.25, 0.3) is 0 Å². The van der Waals surface area contributed by atoms with Crippen LogP contribution in [0, 0.1) is 17.7 Å². The number of halogens is 2. The molecule has 0 bridgehead atoms. The van der Waals surface area contributed by atoms with Crippen molar-refractivity contribution < 1.29 is 19.1 Å². The summed E-state index contributed by atoms with van der Waals surface area (Å²) in [6, 6.07) is 3.56. The lowest BCUT2D eigenvalue weighted by atomic mass is 9.86. The van der Waals surface area contributed by atoms with Crippen LogP contribution in [0.1, 0.15) is 66.2 Å². The van der Waals surface area contributed by atoms with Crippen molar-refractivity contribution in [1.82, 2.24) is 10.2 Å². The highest BCUT2D eigenvalue weighted by atomic mass is 35.5. The summed E-state index contributed by atoms with van der Waals surface area (Å²) < 4.78 is 13.8. The Morgan fingerprint density at radius 3 is 2.58 bits per heavy atom. The Morgan fingerprint density at radius 2 is 1.94 bits per heavy atom. The van der Waals surface area contributed by atoms with E-state index in [0.29, 0.717) is 23.8 Å². The second kappa shape index (κ2) is 12.2. The van der Waals surface area contributed by atoms with E-state index >= 15 is 0 Å².